The Morgan fingerprint density at radius 1 is 0.844 bits per heavy atom. The van der Waals surface area contributed by atoms with E-state index in [1.54, 1.807) is 13.8 Å². The fourth-order valence-electron chi connectivity index (χ4n) is 3.42. The smallest absolute Gasteiger partial charge is 0.255 e. The van der Waals surface area contributed by atoms with Crippen molar-refractivity contribution in [3.8, 4) is 0 Å². The minimum Gasteiger partial charge on any atom is -0.379 e. The van der Waals surface area contributed by atoms with Crippen molar-refractivity contribution < 1.29 is 13.2 Å². The first kappa shape index (κ1) is 23.5. The maximum Gasteiger partial charge on any atom is 0.255 e. The molecule has 6 nitrogen and oxygen atoms in total. The molecule has 32 heavy (non-hydrogen) atoms. The van der Waals surface area contributed by atoms with Crippen molar-refractivity contribution in [2.24, 2.45) is 0 Å². The van der Waals surface area contributed by atoms with Crippen molar-refractivity contribution in [2.75, 3.05) is 23.7 Å². The molecule has 3 aromatic carbocycles. The molecule has 0 spiro atoms. The van der Waals surface area contributed by atoms with Crippen molar-refractivity contribution in [2.45, 2.75) is 31.7 Å². The normalized spacial score (nSPS) is 12.4. The molecular formula is C25H29N3O3S. The van der Waals surface area contributed by atoms with E-state index in [4.69, 9.17) is 0 Å². The van der Waals surface area contributed by atoms with Gasteiger partial charge in [-0.05, 0) is 61.0 Å². The van der Waals surface area contributed by atoms with E-state index in [0.717, 1.165) is 5.69 Å². The Balaban J connectivity index is 1.63. The van der Waals surface area contributed by atoms with Gasteiger partial charge in [0.15, 0.2) is 0 Å². The summed E-state index contributed by atoms with van der Waals surface area (Å²) < 4.78 is 26.6. The van der Waals surface area contributed by atoms with E-state index in [-0.39, 0.29) is 16.8 Å². The maximum absolute atomic E-state index is 12.6. The second-order valence-corrected chi connectivity index (χ2v) is 9.36. The summed E-state index contributed by atoms with van der Waals surface area (Å²) in [6.45, 7) is 6.49. The third-order valence-corrected chi connectivity index (χ3v) is 7.35. The zero-order valence-corrected chi connectivity index (χ0v) is 19.4. The highest BCUT2D eigenvalue weighted by molar-refractivity contribution is 7.89. The molecule has 0 radical (unpaired) electrons. The van der Waals surface area contributed by atoms with Gasteiger partial charge < -0.3 is 10.6 Å². The van der Waals surface area contributed by atoms with Gasteiger partial charge in [0, 0.05) is 36.1 Å². The standard InChI is InChI=1S/C25H29N3O3S/c1-4-28(5-2)32(30,31)24-17-11-21(12-18-24)25(29)27-23-15-13-22(14-16-23)26-19(3)20-9-7-6-8-10-20/h6-19,26H,4-5H2,1-3H3,(H,27,29). The first-order valence-electron chi connectivity index (χ1n) is 10.7. The number of hydrogen-bond acceptors (Lipinski definition) is 4. The quantitative estimate of drug-likeness (QED) is 0.472. The average Bonchev–Trinajstić information content (AvgIpc) is 2.81. The van der Waals surface area contributed by atoms with E-state index in [0.29, 0.717) is 24.3 Å². The molecule has 2 N–H and O–H groups in total. The number of carbonyl (C=O) groups is 1. The summed E-state index contributed by atoms with van der Waals surface area (Å²) >= 11 is 0. The molecule has 7 heteroatoms. The van der Waals surface area contributed by atoms with Gasteiger partial charge in [-0.1, -0.05) is 44.2 Å². The van der Waals surface area contributed by atoms with Crippen LogP contribution in [-0.2, 0) is 10.0 Å². The van der Waals surface area contributed by atoms with Gasteiger partial charge in [-0.15, -0.1) is 0 Å². The topological polar surface area (TPSA) is 78.5 Å². The van der Waals surface area contributed by atoms with Crippen LogP contribution in [0.3, 0.4) is 0 Å². The predicted molar refractivity (Wildman–Crippen MR) is 129 cm³/mol. The third kappa shape index (κ3) is 5.55. The number of nitrogens with one attached hydrogen (secondary N) is 2. The first-order chi connectivity index (χ1) is 15.3. The van der Waals surface area contributed by atoms with Crippen LogP contribution in [0.4, 0.5) is 11.4 Å². The second-order valence-electron chi connectivity index (χ2n) is 7.42. The molecule has 1 unspecified atom stereocenters. The predicted octanol–water partition coefficient (Wildman–Crippen LogP) is 5.14. The molecule has 0 fully saturated rings. The molecule has 0 heterocycles. The lowest BCUT2D eigenvalue weighted by atomic mass is 10.1. The number of rotatable bonds is 9. The Kier molecular flexibility index (Phi) is 7.66. The number of nitrogens with zero attached hydrogens (tertiary/aromatic N) is 1. The molecule has 0 bridgehead atoms. The molecule has 1 amide bonds. The van der Waals surface area contributed by atoms with Crippen molar-refractivity contribution in [1.82, 2.24) is 4.31 Å². The van der Waals surface area contributed by atoms with Gasteiger partial charge in [-0.3, -0.25) is 4.79 Å². The Bertz CT molecular complexity index is 1130. The highest BCUT2D eigenvalue weighted by Crippen LogP contribution is 2.21. The van der Waals surface area contributed by atoms with E-state index in [1.165, 1.54) is 34.1 Å². The Labute approximate surface area is 190 Å². The van der Waals surface area contributed by atoms with Gasteiger partial charge in [0.2, 0.25) is 10.0 Å². The lowest BCUT2D eigenvalue weighted by Gasteiger charge is -2.18. The second kappa shape index (κ2) is 10.4. The minimum atomic E-state index is -3.54. The minimum absolute atomic E-state index is 0.155. The summed E-state index contributed by atoms with van der Waals surface area (Å²) in [6, 6.07) is 23.8. The lowest BCUT2D eigenvalue weighted by Crippen LogP contribution is -2.30. The highest BCUT2D eigenvalue weighted by atomic mass is 32.2. The van der Waals surface area contributed by atoms with Gasteiger partial charge in [0.05, 0.1) is 4.90 Å². The molecule has 1 atom stereocenters. The van der Waals surface area contributed by atoms with Gasteiger partial charge >= 0.3 is 0 Å². The fraction of sp³-hybridized carbons (Fsp3) is 0.240. The molecule has 0 saturated heterocycles. The van der Waals surface area contributed by atoms with Gasteiger partial charge in [0.1, 0.15) is 0 Å². The molecule has 0 aromatic heterocycles. The summed E-state index contributed by atoms with van der Waals surface area (Å²) in [7, 11) is -3.54. The molecule has 0 aliphatic rings. The number of amides is 1. The van der Waals surface area contributed by atoms with Crippen LogP contribution >= 0.6 is 0 Å². The fourth-order valence-corrected chi connectivity index (χ4v) is 4.88. The van der Waals surface area contributed by atoms with E-state index < -0.39 is 10.0 Å². The molecule has 168 valence electrons. The largest absolute Gasteiger partial charge is 0.379 e. The zero-order valence-electron chi connectivity index (χ0n) is 18.6. The molecule has 0 aliphatic carbocycles. The summed E-state index contributed by atoms with van der Waals surface area (Å²) in [6.07, 6.45) is 0. The monoisotopic (exact) mass is 451 g/mol. The third-order valence-electron chi connectivity index (χ3n) is 5.29. The summed E-state index contributed by atoms with van der Waals surface area (Å²) in [5.41, 5.74) is 3.19. The summed E-state index contributed by atoms with van der Waals surface area (Å²) in [5.74, 6) is -0.296. The Hall–Kier alpha value is -3.16. The number of benzene rings is 3. The molecule has 0 aliphatic heterocycles. The van der Waals surface area contributed by atoms with Crippen molar-refractivity contribution in [3.63, 3.8) is 0 Å². The van der Waals surface area contributed by atoms with Crippen LogP contribution in [0.1, 0.15) is 42.7 Å². The van der Waals surface area contributed by atoms with Gasteiger partial charge in [-0.2, -0.15) is 4.31 Å². The summed E-state index contributed by atoms with van der Waals surface area (Å²) in [5, 5.41) is 6.28. The van der Waals surface area contributed by atoms with E-state index in [1.807, 2.05) is 42.5 Å². The van der Waals surface area contributed by atoms with Crippen LogP contribution in [-0.4, -0.2) is 31.7 Å². The average molecular weight is 452 g/mol. The van der Waals surface area contributed by atoms with Crippen molar-refractivity contribution >= 4 is 27.3 Å². The van der Waals surface area contributed by atoms with Crippen LogP contribution < -0.4 is 10.6 Å². The van der Waals surface area contributed by atoms with E-state index in [2.05, 4.69) is 29.7 Å². The van der Waals surface area contributed by atoms with Crippen LogP contribution in [0, 0.1) is 0 Å². The van der Waals surface area contributed by atoms with E-state index in [9.17, 15) is 13.2 Å². The van der Waals surface area contributed by atoms with Crippen LogP contribution in [0.25, 0.3) is 0 Å². The summed E-state index contributed by atoms with van der Waals surface area (Å²) in [4.78, 5) is 12.8. The van der Waals surface area contributed by atoms with Crippen LogP contribution in [0.5, 0.6) is 0 Å². The number of sulfonamides is 1. The Morgan fingerprint density at radius 3 is 1.97 bits per heavy atom. The maximum atomic E-state index is 12.6. The number of hydrogen-bond donors (Lipinski definition) is 2. The van der Waals surface area contributed by atoms with Crippen LogP contribution in [0.15, 0.2) is 83.8 Å². The number of anilines is 2. The van der Waals surface area contributed by atoms with Crippen molar-refractivity contribution in [1.29, 1.82) is 0 Å². The Morgan fingerprint density at radius 2 is 1.41 bits per heavy atom. The van der Waals surface area contributed by atoms with Crippen molar-refractivity contribution in [3.05, 3.63) is 90.0 Å². The number of carbonyl (C=O) groups excluding carboxylic acids is 1. The zero-order chi connectivity index (χ0) is 23.1. The molecule has 0 saturated carbocycles. The van der Waals surface area contributed by atoms with Gasteiger partial charge in [0.25, 0.3) is 5.91 Å². The van der Waals surface area contributed by atoms with Crippen LogP contribution in [0.2, 0.25) is 0 Å². The SMILES string of the molecule is CCN(CC)S(=O)(=O)c1ccc(C(=O)Nc2ccc(NC(C)c3ccccc3)cc2)cc1. The lowest BCUT2D eigenvalue weighted by molar-refractivity contribution is 0.102. The van der Waals surface area contributed by atoms with Gasteiger partial charge in [-0.25, -0.2) is 8.42 Å². The molecule has 3 aromatic rings. The first-order valence-corrected chi connectivity index (χ1v) is 12.1. The highest BCUT2D eigenvalue weighted by Gasteiger charge is 2.21. The molecule has 3 rings (SSSR count). The molecular weight excluding hydrogens is 422 g/mol. The van der Waals surface area contributed by atoms with E-state index >= 15 is 0 Å².